The number of likely N-dealkylation sites (tertiary alicyclic amines) is 1. The maximum absolute atomic E-state index is 13.2. The molecule has 139 valence electrons. The normalized spacial score (nSPS) is 20.9. The molecule has 2 atom stereocenters. The van der Waals surface area contributed by atoms with Gasteiger partial charge in [0.15, 0.2) is 11.6 Å². The maximum atomic E-state index is 13.2. The van der Waals surface area contributed by atoms with Gasteiger partial charge < -0.3 is 9.64 Å². The topological polar surface area (TPSA) is 12.5 Å². The second-order valence-corrected chi connectivity index (χ2v) is 6.87. The fourth-order valence-electron chi connectivity index (χ4n) is 3.63. The molecule has 1 heterocycles. The average molecular weight is 358 g/mol. The molecule has 1 radical (unpaired) electrons. The predicted octanol–water partition coefficient (Wildman–Crippen LogP) is 5.21. The summed E-state index contributed by atoms with van der Waals surface area (Å²) in [5, 5.41) is 0. The van der Waals surface area contributed by atoms with Crippen molar-refractivity contribution < 1.29 is 13.5 Å². The SMILES string of the molecule is CC1C(c2ccccc2)[CH]CCN1CCCCOc1ccc(F)c(F)c1. The third kappa shape index (κ3) is 4.82. The van der Waals surface area contributed by atoms with Crippen LogP contribution in [-0.4, -0.2) is 30.6 Å². The zero-order chi connectivity index (χ0) is 18.4. The van der Waals surface area contributed by atoms with Gasteiger partial charge in [-0.05, 0) is 63.4 Å². The van der Waals surface area contributed by atoms with E-state index >= 15 is 0 Å². The van der Waals surface area contributed by atoms with Crippen molar-refractivity contribution in [2.45, 2.75) is 38.1 Å². The fraction of sp³-hybridized carbons (Fsp3) is 0.409. The predicted molar refractivity (Wildman–Crippen MR) is 100 cm³/mol. The Bertz CT molecular complexity index is 692. The Hall–Kier alpha value is -1.94. The zero-order valence-electron chi connectivity index (χ0n) is 15.2. The zero-order valence-corrected chi connectivity index (χ0v) is 15.2. The number of unbranched alkanes of at least 4 members (excludes halogenated alkanes) is 1. The largest absolute Gasteiger partial charge is 0.493 e. The molecule has 0 N–H and O–H groups in total. The van der Waals surface area contributed by atoms with Crippen LogP contribution in [0.3, 0.4) is 0 Å². The van der Waals surface area contributed by atoms with Crippen LogP contribution in [0, 0.1) is 18.1 Å². The lowest BCUT2D eigenvalue weighted by Gasteiger charge is -2.39. The maximum Gasteiger partial charge on any atom is 0.162 e. The van der Waals surface area contributed by atoms with Gasteiger partial charge in [0.05, 0.1) is 6.61 Å². The molecule has 0 bridgehead atoms. The molecule has 26 heavy (non-hydrogen) atoms. The Kier molecular flexibility index (Phi) is 6.62. The van der Waals surface area contributed by atoms with E-state index < -0.39 is 11.6 Å². The van der Waals surface area contributed by atoms with Crippen LogP contribution < -0.4 is 4.74 Å². The van der Waals surface area contributed by atoms with Gasteiger partial charge in [0.1, 0.15) is 5.75 Å². The second-order valence-electron chi connectivity index (χ2n) is 6.87. The quantitative estimate of drug-likeness (QED) is 0.630. The van der Waals surface area contributed by atoms with Crippen molar-refractivity contribution >= 4 is 0 Å². The van der Waals surface area contributed by atoms with Crippen LogP contribution in [0.15, 0.2) is 48.5 Å². The summed E-state index contributed by atoms with van der Waals surface area (Å²) in [5.74, 6) is -0.855. The molecule has 0 saturated carbocycles. The van der Waals surface area contributed by atoms with Crippen molar-refractivity contribution in [3.05, 3.63) is 72.1 Å². The molecule has 3 rings (SSSR count). The monoisotopic (exact) mass is 358 g/mol. The van der Waals surface area contributed by atoms with Crippen LogP contribution >= 0.6 is 0 Å². The van der Waals surface area contributed by atoms with Crippen molar-refractivity contribution in [2.24, 2.45) is 0 Å². The highest BCUT2D eigenvalue weighted by Gasteiger charge is 2.28. The van der Waals surface area contributed by atoms with E-state index in [9.17, 15) is 8.78 Å². The minimum absolute atomic E-state index is 0.383. The molecule has 2 aromatic carbocycles. The molecule has 0 amide bonds. The fourth-order valence-corrected chi connectivity index (χ4v) is 3.63. The van der Waals surface area contributed by atoms with Gasteiger partial charge in [-0.2, -0.15) is 0 Å². The number of halogens is 2. The molecular formula is C22H26F2NO. The summed E-state index contributed by atoms with van der Waals surface area (Å²) in [4.78, 5) is 2.54. The standard InChI is InChI=1S/C22H26F2NO/c1-17-20(18-8-3-2-4-9-18)10-7-14-25(17)13-5-6-15-26-19-11-12-21(23)22(24)16-19/h2-4,8-12,16-17,20H,5-7,13-15H2,1H3. The highest BCUT2D eigenvalue weighted by molar-refractivity contribution is 5.25. The molecule has 2 aromatic rings. The van der Waals surface area contributed by atoms with Crippen molar-refractivity contribution in [1.29, 1.82) is 0 Å². The lowest BCUT2D eigenvalue weighted by molar-refractivity contribution is 0.159. The molecular weight excluding hydrogens is 332 g/mol. The summed E-state index contributed by atoms with van der Waals surface area (Å²) in [7, 11) is 0. The lowest BCUT2D eigenvalue weighted by Crippen LogP contribution is -2.43. The Balaban J connectivity index is 1.42. The summed E-state index contributed by atoms with van der Waals surface area (Å²) in [5.41, 5.74) is 1.38. The molecule has 1 fully saturated rings. The number of nitrogens with zero attached hydrogens (tertiary/aromatic N) is 1. The van der Waals surface area contributed by atoms with Gasteiger partial charge in [0.25, 0.3) is 0 Å². The van der Waals surface area contributed by atoms with Gasteiger partial charge in [-0.3, -0.25) is 0 Å². The first-order valence-corrected chi connectivity index (χ1v) is 9.35. The number of hydrogen-bond acceptors (Lipinski definition) is 2. The first-order chi connectivity index (χ1) is 12.6. The first-order valence-electron chi connectivity index (χ1n) is 9.35. The molecule has 0 aromatic heterocycles. The van der Waals surface area contributed by atoms with Crippen LogP contribution in [0.2, 0.25) is 0 Å². The molecule has 1 saturated heterocycles. The Morgan fingerprint density at radius 1 is 1.04 bits per heavy atom. The van der Waals surface area contributed by atoms with Crippen LogP contribution in [0.25, 0.3) is 0 Å². The minimum atomic E-state index is -0.868. The van der Waals surface area contributed by atoms with Crippen LogP contribution in [-0.2, 0) is 0 Å². The van der Waals surface area contributed by atoms with Gasteiger partial charge in [-0.25, -0.2) is 8.78 Å². The number of ether oxygens (including phenoxy) is 1. The summed E-state index contributed by atoms with van der Waals surface area (Å²) in [6, 6.07) is 14.8. The molecule has 4 heteroatoms. The van der Waals surface area contributed by atoms with Crippen molar-refractivity contribution in [3.63, 3.8) is 0 Å². The van der Waals surface area contributed by atoms with Gasteiger partial charge in [-0.15, -0.1) is 0 Å². The summed E-state index contributed by atoms with van der Waals surface area (Å²) in [6.07, 6.45) is 5.45. The number of rotatable bonds is 7. The van der Waals surface area contributed by atoms with Gasteiger partial charge in [0.2, 0.25) is 0 Å². The molecule has 1 aliphatic rings. The van der Waals surface area contributed by atoms with Crippen LogP contribution in [0.1, 0.15) is 37.7 Å². The lowest BCUT2D eigenvalue weighted by atomic mass is 9.84. The summed E-state index contributed by atoms with van der Waals surface area (Å²) >= 11 is 0. The van der Waals surface area contributed by atoms with Gasteiger partial charge >= 0.3 is 0 Å². The third-order valence-corrected chi connectivity index (χ3v) is 5.12. The van der Waals surface area contributed by atoms with Crippen LogP contribution in [0.4, 0.5) is 8.78 Å². The van der Waals surface area contributed by atoms with E-state index in [0.717, 1.165) is 44.5 Å². The second kappa shape index (κ2) is 9.13. The molecule has 0 spiro atoms. The minimum Gasteiger partial charge on any atom is -0.493 e. The number of benzene rings is 2. The molecule has 2 unspecified atom stereocenters. The van der Waals surface area contributed by atoms with Gasteiger partial charge in [0, 0.05) is 18.0 Å². The molecule has 1 aliphatic heterocycles. The van der Waals surface area contributed by atoms with E-state index in [1.165, 1.54) is 11.6 Å². The van der Waals surface area contributed by atoms with Crippen molar-refractivity contribution in [2.75, 3.05) is 19.7 Å². The van der Waals surface area contributed by atoms with Crippen molar-refractivity contribution in [1.82, 2.24) is 4.90 Å². The highest BCUT2D eigenvalue weighted by Crippen LogP contribution is 2.31. The molecule has 2 nitrogen and oxygen atoms in total. The van der Waals surface area contributed by atoms with E-state index in [1.807, 2.05) is 0 Å². The molecule has 0 aliphatic carbocycles. The van der Waals surface area contributed by atoms with Gasteiger partial charge in [-0.1, -0.05) is 30.3 Å². The Labute approximate surface area is 154 Å². The van der Waals surface area contributed by atoms with E-state index in [0.29, 0.717) is 24.3 Å². The van der Waals surface area contributed by atoms with E-state index in [-0.39, 0.29) is 0 Å². The highest BCUT2D eigenvalue weighted by atomic mass is 19.2. The number of hydrogen-bond donors (Lipinski definition) is 0. The first kappa shape index (κ1) is 18.8. The van der Waals surface area contributed by atoms with Crippen molar-refractivity contribution in [3.8, 4) is 5.75 Å². The number of piperidine rings is 1. The summed E-state index contributed by atoms with van der Waals surface area (Å²) in [6.45, 7) is 4.93. The summed E-state index contributed by atoms with van der Waals surface area (Å²) < 4.78 is 31.6. The van der Waals surface area contributed by atoms with E-state index in [4.69, 9.17) is 4.74 Å². The Morgan fingerprint density at radius 2 is 1.85 bits per heavy atom. The van der Waals surface area contributed by atoms with E-state index in [2.05, 4.69) is 48.6 Å². The third-order valence-electron chi connectivity index (χ3n) is 5.12. The smallest absolute Gasteiger partial charge is 0.162 e. The van der Waals surface area contributed by atoms with Crippen LogP contribution in [0.5, 0.6) is 5.75 Å². The Morgan fingerprint density at radius 3 is 2.62 bits per heavy atom. The van der Waals surface area contributed by atoms with E-state index in [1.54, 1.807) is 0 Å². The average Bonchev–Trinajstić information content (AvgIpc) is 2.66.